The Balaban J connectivity index is 2.02. The van der Waals surface area contributed by atoms with Crippen LogP contribution in [0.1, 0.15) is 44.2 Å². The first-order valence-corrected chi connectivity index (χ1v) is 6.85. The van der Waals surface area contributed by atoms with Crippen molar-refractivity contribution in [1.29, 1.82) is 0 Å². The van der Waals surface area contributed by atoms with Crippen molar-refractivity contribution in [1.82, 2.24) is 5.32 Å². The summed E-state index contributed by atoms with van der Waals surface area (Å²) in [5, 5.41) is 3.47. The SMILES string of the molecule is COC1CCCCC1NC(C)c1ccc(F)c(F)c1. The van der Waals surface area contributed by atoms with Crippen LogP contribution < -0.4 is 5.32 Å². The van der Waals surface area contributed by atoms with Gasteiger partial charge in [-0.2, -0.15) is 0 Å². The predicted octanol–water partition coefficient (Wildman–Crippen LogP) is 3.57. The lowest BCUT2D eigenvalue weighted by atomic mass is 9.91. The van der Waals surface area contributed by atoms with Crippen molar-refractivity contribution in [2.24, 2.45) is 0 Å². The number of ether oxygens (including phenoxy) is 1. The number of methoxy groups -OCH3 is 1. The van der Waals surface area contributed by atoms with Crippen LogP contribution in [0.3, 0.4) is 0 Å². The first kappa shape index (κ1) is 14.4. The lowest BCUT2D eigenvalue weighted by molar-refractivity contribution is 0.0384. The number of hydrogen-bond acceptors (Lipinski definition) is 2. The molecule has 3 unspecified atom stereocenters. The predicted molar refractivity (Wildman–Crippen MR) is 71.0 cm³/mol. The minimum absolute atomic E-state index is 0.0177. The fourth-order valence-electron chi connectivity index (χ4n) is 2.77. The molecule has 0 aliphatic heterocycles. The largest absolute Gasteiger partial charge is 0.380 e. The van der Waals surface area contributed by atoms with Crippen molar-refractivity contribution >= 4 is 0 Å². The summed E-state index contributed by atoms with van der Waals surface area (Å²) in [5.74, 6) is -1.60. The van der Waals surface area contributed by atoms with E-state index in [9.17, 15) is 8.78 Å². The van der Waals surface area contributed by atoms with Gasteiger partial charge in [0.25, 0.3) is 0 Å². The highest BCUT2D eigenvalue weighted by Gasteiger charge is 2.26. The summed E-state index contributed by atoms with van der Waals surface area (Å²) < 4.78 is 31.6. The standard InChI is InChI=1S/C15H21F2NO/c1-10(11-7-8-12(16)13(17)9-11)18-14-5-3-4-6-15(14)19-2/h7-10,14-15,18H,3-6H2,1-2H3. The second-order valence-electron chi connectivity index (χ2n) is 5.23. The molecule has 1 fully saturated rings. The Hall–Kier alpha value is -1.00. The number of halogens is 2. The molecule has 0 amide bonds. The van der Waals surface area contributed by atoms with Crippen molar-refractivity contribution in [2.45, 2.75) is 50.8 Å². The molecular formula is C15H21F2NO. The molecule has 0 radical (unpaired) electrons. The van der Waals surface area contributed by atoms with Crippen molar-refractivity contribution in [2.75, 3.05) is 7.11 Å². The first-order chi connectivity index (χ1) is 9.11. The highest BCUT2D eigenvalue weighted by Crippen LogP contribution is 2.24. The van der Waals surface area contributed by atoms with Crippen molar-refractivity contribution in [3.8, 4) is 0 Å². The van der Waals surface area contributed by atoms with E-state index < -0.39 is 11.6 Å². The molecule has 1 aromatic rings. The quantitative estimate of drug-likeness (QED) is 0.902. The van der Waals surface area contributed by atoms with Crippen LogP contribution in [-0.2, 0) is 4.74 Å². The monoisotopic (exact) mass is 269 g/mol. The van der Waals surface area contributed by atoms with Gasteiger partial charge in [-0.3, -0.25) is 0 Å². The molecule has 1 aliphatic rings. The van der Waals surface area contributed by atoms with Gasteiger partial charge in [-0.15, -0.1) is 0 Å². The molecule has 2 nitrogen and oxygen atoms in total. The molecule has 19 heavy (non-hydrogen) atoms. The van der Waals surface area contributed by atoms with Crippen LogP contribution in [0.4, 0.5) is 8.78 Å². The molecule has 0 spiro atoms. The third-order valence-electron chi connectivity index (χ3n) is 3.91. The van der Waals surface area contributed by atoms with Gasteiger partial charge < -0.3 is 10.1 Å². The molecule has 1 N–H and O–H groups in total. The van der Waals surface area contributed by atoms with E-state index in [-0.39, 0.29) is 18.2 Å². The van der Waals surface area contributed by atoms with Crippen LogP contribution in [0.2, 0.25) is 0 Å². The lowest BCUT2D eigenvalue weighted by Crippen LogP contribution is -2.44. The van der Waals surface area contributed by atoms with Gasteiger partial charge in [0.05, 0.1) is 6.10 Å². The zero-order valence-electron chi connectivity index (χ0n) is 11.5. The molecule has 4 heteroatoms. The minimum atomic E-state index is -0.802. The number of hydrogen-bond donors (Lipinski definition) is 1. The Morgan fingerprint density at radius 1 is 1.21 bits per heavy atom. The molecule has 1 aromatic carbocycles. The molecule has 0 bridgehead atoms. The van der Waals surface area contributed by atoms with Crippen LogP contribution in [0.15, 0.2) is 18.2 Å². The molecule has 0 heterocycles. The third kappa shape index (κ3) is 3.51. The van der Waals surface area contributed by atoms with E-state index in [1.807, 2.05) is 6.92 Å². The summed E-state index contributed by atoms with van der Waals surface area (Å²) in [6.45, 7) is 1.97. The highest BCUT2D eigenvalue weighted by atomic mass is 19.2. The topological polar surface area (TPSA) is 21.3 Å². The summed E-state index contributed by atoms with van der Waals surface area (Å²) in [5.41, 5.74) is 0.763. The summed E-state index contributed by atoms with van der Waals surface area (Å²) in [6, 6.07) is 4.33. The fourth-order valence-corrected chi connectivity index (χ4v) is 2.77. The van der Waals surface area contributed by atoms with Crippen molar-refractivity contribution < 1.29 is 13.5 Å². The van der Waals surface area contributed by atoms with Gasteiger partial charge in [-0.05, 0) is 37.5 Å². The Morgan fingerprint density at radius 3 is 2.63 bits per heavy atom. The maximum absolute atomic E-state index is 13.2. The van der Waals surface area contributed by atoms with E-state index in [0.29, 0.717) is 0 Å². The smallest absolute Gasteiger partial charge is 0.159 e. The van der Waals surface area contributed by atoms with E-state index >= 15 is 0 Å². The Morgan fingerprint density at radius 2 is 1.95 bits per heavy atom. The minimum Gasteiger partial charge on any atom is -0.380 e. The third-order valence-corrected chi connectivity index (χ3v) is 3.91. The summed E-state index contributed by atoms with van der Waals surface area (Å²) >= 11 is 0. The van der Waals surface area contributed by atoms with Gasteiger partial charge in [0, 0.05) is 19.2 Å². The molecule has 2 rings (SSSR count). The van der Waals surface area contributed by atoms with Crippen LogP contribution in [0.25, 0.3) is 0 Å². The van der Waals surface area contributed by atoms with E-state index in [1.165, 1.54) is 25.0 Å². The summed E-state index contributed by atoms with van der Waals surface area (Å²) in [4.78, 5) is 0. The number of benzene rings is 1. The van der Waals surface area contributed by atoms with Gasteiger partial charge in [-0.1, -0.05) is 18.9 Å². The average Bonchev–Trinajstić information content (AvgIpc) is 2.42. The Bertz CT molecular complexity index is 425. The van der Waals surface area contributed by atoms with Crippen LogP contribution in [0.5, 0.6) is 0 Å². The van der Waals surface area contributed by atoms with Crippen LogP contribution in [0, 0.1) is 11.6 Å². The zero-order valence-corrected chi connectivity index (χ0v) is 11.5. The average molecular weight is 269 g/mol. The summed E-state index contributed by atoms with van der Waals surface area (Å²) in [6.07, 6.45) is 4.70. The van der Waals surface area contributed by atoms with Crippen molar-refractivity contribution in [3.05, 3.63) is 35.4 Å². The first-order valence-electron chi connectivity index (χ1n) is 6.85. The van der Waals surface area contributed by atoms with Crippen molar-refractivity contribution in [3.63, 3.8) is 0 Å². The van der Waals surface area contributed by atoms with Crippen LogP contribution in [-0.4, -0.2) is 19.3 Å². The lowest BCUT2D eigenvalue weighted by Gasteiger charge is -2.33. The van der Waals surface area contributed by atoms with E-state index in [4.69, 9.17) is 4.74 Å². The summed E-state index contributed by atoms with van der Waals surface area (Å²) in [7, 11) is 1.73. The van der Waals surface area contributed by atoms with Crippen LogP contribution >= 0.6 is 0 Å². The Labute approximate surface area is 113 Å². The molecule has 1 saturated carbocycles. The van der Waals surface area contributed by atoms with Gasteiger partial charge in [-0.25, -0.2) is 8.78 Å². The second kappa shape index (κ2) is 6.44. The van der Waals surface area contributed by atoms with E-state index in [1.54, 1.807) is 13.2 Å². The van der Waals surface area contributed by atoms with E-state index in [2.05, 4.69) is 5.32 Å². The van der Waals surface area contributed by atoms with E-state index in [0.717, 1.165) is 18.4 Å². The van der Waals surface area contributed by atoms with Gasteiger partial charge in [0.2, 0.25) is 0 Å². The fraction of sp³-hybridized carbons (Fsp3) is 0.600. The molecule has 0 saturated heterocycles. The molecular weight excluding hydrogens is 248 g/mol. The molecule has 106 valence electrons. The second-order valence-corrected chi connectivity index (χ2v) is 5.23. The maximum atomic E-state index is 13.2. The molecule has 1 aliphatic carbocycles. The number of rotatable bonds is 4. The van der Waals surface area contributed by atoms with Gasteiger partial charge in [0.1, 0.15) is 0 Å². The number of nitrogens with one attached hydrogen (secondary N) is 1. The van der Waals surface area contributed by atoms with Gasteiger partial charge >= 0.3 is 0 Å². The normalized spacial score (nSPS) is 25.3. The molecule has 0 aromatic heterocycles. The van der Waals surface area contributed by atoms with Gasteiger partial charge in [0.15, 0.2) is 11.6 Å². The molecule has 3 atom stereocenters. The Kier molecular flexibility index (Phi) is 4.88. The highest BCUT2D eigenvalue weighted by molar-refractivity contribution is 5.21. The zero-order chi connectivity index (χ0) is 13.8. The maximum Gasteiger partial charge on any atom is 0.159 e.